The van der Waals surface area contributed by atoms with Crippen LogP contribution in [0, 0.1) is 29.1 Å². The summed E-state index contributed by atoms with van der Waals surface area (Å²) in [5.41, 5.74) is -2.34. The molecule has 0 aliphatic rings. The summed E-state index contributed by atoms with van der Waals surface area (Å²) >= 11 is 0. The fourth-order valence-electron chi connectivity index (χ4n) is 1.39. The number of aliphatic hydroxyl groups excluding tert-OH is 2. The Balaban J connectivity index is 5.97. The first-order valence-corrected chi connectivity index (χ1v) is 5.68. The van der Waals surface area contributed by atoms with E-state index in [1.807, 2.05) is 0 Å². The summed E-state index contributed by atoms with van der Waals surface area (Å²) in [6, 6.07) is 0. The molecule has 0 heterocycles. The summed E-state index contributed by atoms with van der Waals surface area (Å²) in [6.45, 7) is -1.04. The highest BCUT2D eigenvalue weighted by Gasteiger charge is 2.47. The van der Waals surface area contributed by atoms with Crippen molar-refractivity contribution in [2.24, 2.45) is 5.41 Å². The minimum Gasteiger partial charge on any atom is -0.468 e. The van der Waals surface area contributed by atoms with Gasteiger partial charge in [0, 0.05) is 15.5 Å². The predicted molar refractivity (Wildman–Crippen MR) is 70.0 cm³/mol. The molecule has 20 heavy (non-hydrogen) atoms. The van der Waals surface area contributed by atoms with Crippen molar-refractivity contribution in [2.75, 3.05) is 27.4 Å². The molecule has 0 saturated carbocycles. The van der Waals surface area contributed by atoms with Crippen LogP contribution in [-0.2, 0) is 19.1 Å². The molecular weight excluding hydrogens is 264 g/mol. The average molecular weight is 284 g/mol. The Morgan fingerprint density at radius 3 is 2.00 bits per heavy atom. The zero-order chi connectivity index (χ0) is 17.2. The highest BCUT2D eigenvalue weighted by atomic mass is 16.5. The molecule has 0 atom stereocenters. The molecule has 0 aromatic heterocycles. The standard InChI is InChI=1S/C14H18O6/c1-19-12(17)14(13(18)20-2,9-5-7-11-16)8-4-3-6-10-15/h15-16H,4,8-11H2,1-2H3/i9D2. The molecule has 110 valence electrons. The third kappa shape index (κ3) is 4.93. The number of esters is 2. The molecule has 6 nitrogen and oxygen atoms in total. The summed E-state index contributed by atoms with van der Waals surface area (Å²) in [5, 5.41) is 17.3. The second-order valence-electron chi connectivity index (χ2n) is 3.49. The van der Waals surface area contributed by atoms with Gasteiger partial charge in [-0.15, -0.1) is 5.92 Å². The number of aliphatic hydroxyl groups is 2. The molecule has 0 amide bonds. The van der Waals surface area contributed by atoms with Gasteiger partial charge in [-0.3, -0.25) is 9.59 Å². The molecule has 2 N–H and O–H groups in total. The largest absolute Gasteiger partial charge is 0.468 e. The summed E-state index contributed by atoms with van der Waals surface area (Å²) in [5.74, 6) is 6.68. The summed E-state index contributed by atoms with van der Waals surface area (Å²) in [6.07, 6.45) is -3.06. The lowest BCUT2D eigenvalue weighted by Crippen LogP contribution is -2.41. The van der Waals surface area contributed by atoms with Gasteiger partial charge in [0.2, 0.25) is 0 Å². The van der Waals surface area contributed by atoms with Crippen LogP contribution in [0.2, 0.25) is 0 Å². The molecular formula is C14H18O6. The second kappa shape index (κ2) is 9.85. The van der Waals surface area contributed by atoms with Gasteiger partial charge >= 0.3 is 11.9 Å². The molecule has 0 aromatic carbocycles. The van der Waals surface area contributed by atoms with E-state index in [0.717, 1.165) is 14.2 Å². The van der Waals surface area contributed by atoms with Gasteiger partial charge in [0.05, 0.1) is 14.2 Å². The highest BCUT2D eigenvalue weighted by molar-refractivity contribution is 6.00. The fourth-order valence-corrected chi connectivity index (χ4v) is 1.39. The van der Waals surface area contributed by atoms with E-state index < -0.39 is 36.9 Å². The van der Waals surface area contributed by atoms with Crippen LogP contribution in [0.5, 0.6) is 0 Å². The van der Waals surface area contributed by atoms with E-state index in [4.69, 9.17) is 13.0 Å². The Bertz CT molecular complexity index is 505. The van der Waals surface area contributed by atoms with Crippen LogP contribution in [0.25, 0.3) is 0 Å². The fraction of sp³-hybridized carbons (Fsp3) is 0.571. The number of rotatable bonds is 5. The molecule has 0 rings (SSSR count). The molecule has 0 aromatic rings. The van der Waals surface area contributed by atoms with E-state index in [-0.39, 0.29) is 12.8 Å². The van der Waals surface area contributed by atoms with E-state index in [9.17, 15) is 9.59 Å². The van der Waals surface area contributed by atoms with Crippen LogP contribution in [0.3, 0.4) is 0 Å². The van der Waals surface area contributed by atoms with Crippen LogP contribution in [0.4, 0.5) is 0 Å². The van der Waals surface area contributed by atoms with Gasteiger partial charge in [-0.25, -0.2) is 0 Å². The van der Waals surface area contributed by atoms with E-state index in [1.54, 1.807) is 0 Å². The zero-order valence-corrected chi connectivity index (χ0v) is 11.4. The Morgan fingerprint density at radius 1 is 1.05 bits per heavy atom. The lowest BCUT2D eigenvalue weighted by atomic mass is 9.80. The Kier molecular flexibility index (Phi) is 7.09. The number of methoxy groups -OCH3 is 2. The lowest BCUT2D eigenvalue weighted by Gasteiger charge is -2.25. The molecule has 0 saturated heterocycles. The van der Waals surface area contributed by atoms with Crippen molar-refractivity contribution in [3.63, 3.8) is 0 Å². The molecule has 0 unspecified atom stereocenters. The predicted octanol–water partition coefficient (Wildman–Crippen LogP) is -0.520. The molecule has 6 heteroatoms. The monoisotopic (exact) mass is 284 g/mol. The van der Waals surface area contributed by atoms with Gasteiger partial charge in [0.25, 0.3) is 0 Å². The molecule has 0 bridgehead atoms. The first-order valence-electron chi connectivity index (χ1n) is 6.68. The zero-order valence-electron chi connectivity index (χ0n) is 13.4. The molecule has 0 radical (unpaired) electrons. The van der Waals surface area contributed by atoms with E-state index in [0.29, 0.717) is 0 Å². The number of hydrogen-bond acceptors (Lipinski definition) is 6. The maximum absolute atomic E-state index is 12.1. The number of hydrogen-bond donors (Lipinski definition) is 2. The Labute approximate surface area is 120 Å². The van der Waals surface area contributed by atoms with Crippen LogP contribution >= 0.6 is 0 Å². The Hall–Kier alpha value is -2.02. The van der Waals surface area contributed by atoms with Crippen LogP contribution in [0.15, 0.2) is 0 Å². The SMILES string of the molecule is [2H]C([2H])(C#CCO)C(CCC#CCO)(C(=O)OC)C(=O)OC. The van der Waals surface area contributed by atoms with E-state index in [2.05, 4.69) is 33.2 Å². The third-order valence-electron chi connectivity index (χ3n) is 2.34. The Morgan fingerprint density at radius 2 is 1.55 bits per heavy atom. The smallest absolute Gasteiger partial charge is 0.324 e. The number of ether oxygens (including phenoxy) is 2. The number of carbonyl (C=O) groups excluding carboxylic acids is 2. The van der Waals surface area contributed by atoms with Crippen molar-refractivity contribution < 1.29 is 32.0 Å². The maximum atomic E-state index is 12.1. The second-order valence-corrected chi connectivity index (χ2v) is 3.49. The lowest BCUT2D eigenvalue weighted by molar-refractivity contribution is -0.169. The van der Waals surface area contributed by atoms with Crippen LogP contribution in [0.1, 0.15) is 22.0 Å². The topological polar surface area (TPSA) is 93.1 Å². The van der Waals surface area contributed by atoms with E-state index >= 15 is 0 Å². The summed E-state index contributed by atoms with van der Waals surface area (Å²) in [4.78, 5) is 24.2. The molecule has 0 fully saturated rings. The van der Waals surface area contributed by atoms with Gasteiger partial charge in [-0.1, -0.05) is 17.8 Å². The van der Waals surface area contributed by atoms with Crippen molar-refractivity contribution in [1.82, 2.24) is 0 Å². The number of carbonyl (C=O) groups is 2. The van der Waals surface area contributed by atoms with Crippen molar-refractivity contribution in [1.29, 1.82) is 0 Å². The normalized spacial score (nSPS) is 11.8. The third-order valence-corrected chi connectivity index (χ3v) is 2.34. The first-order chi connectivity index (χ1) is 10.3. The molecule has 0 spiro atoms. The summed E-state index contributed by atoms with van der Waals surface area (Å²) < 4.78 is 25.0. The first kappa shape index (κ1) is 14.4. The molecule has 0 aliphatic heterocycles. The van der Waals surface area contributed by atoms with Gasteiger partial charge in [0.1, 0.15) is 13.2 Å². The highest BCUT2D eigenvalue weighted by Crippen LogP contribution is 2.31. The maximum Gasteiger partial charge on any atom is 0.324 e. The molecule has 0 aliphatic carbocycles. The van der Waals surface area contributed by atoms with Gasteiger partial charge in [-0.05, 0) is 6.42 Å². The quantitative estimate of drug-likeness (QED) is 0.401. The van der Waals surface area contributed by atoms with Crippen molar-refractivity contribution in [2.45, 2.75) is 19.2 Å². The van der Waals surface area contributed by atoms with Crippen molar-refractivity contribution >= 4 is 11.9 Å². The minimum atomic E-state index is -2.64. The van der Waals surface area contributed by atoms with Crippen molar-refractivity contribution in [3.05, 3.63) is 0 Å². The average Bonchev–Trinajstić information content (AvgIpc) is 2.51. The van der Waals surface area contributed by atoms with Gasteiger partial charge in [0.15, 0.2) is 5.41 Å². The van der Waals surface area contributed by atoms with Gasteiger partial charge in [-0.2, -0.15) is 0 Å². The summed E-state index contributed by atoms with van der Waals surface area (Å²) in [7, 11) is 2.02. The van der Waals surface area contributed by atoms with E-state index in [1.165, 1.54) is 0 Å². The van der Waals surface area contributed by atoms with Gasteiger partial charge < -0.3 is 19.7 Å². The van der Waals surface area contributed by atoms with Crippen LogP contribution in [-0.4, -0.2) is 49.6 Å². The van der Waals surface area contributed by atoms with Crippen LogP contribution < -0.4 is 0 Å². The van der Waals surface area contributed by atoms with Crippen molar-refractivity contribution in [3.8, 4) is 23.7 Å². The minimum absolute atomic E-state index is 0.0644.